The molecule has 42 heavy (non-hydrogen) atoms. The fraction of sp³-hybridized carbons (Fsp3) is 0.258. The quantitative estimate of drug-likeness (QED) is 0.278. The number of nitrogens with zero attached hydrogens (tertiary/aromatic N) is 3. The van der Waals surface area contributed by atoms with E-state index in [9.17, 15) is 9.59 Å². The molecule has 11 heteroatoms. The zero-order valence-electron chi connectivity index (χ0n) is 23.0. The molecule has 0 saturated carbocycles. The number of benzene rings is 2. The fourth-order valence-electron chi connectivity index (χ4n) is 5.10. The number of methoxy groups -OCH3 is 1. The molecule has 4 aromatic rings. The molecule has 1 atom stereocenters. The summed E-state index contributed by atoms with van der Waals surface area (Å²) in [5, 5.41) is 0. The lowest BCUT2D eigenvalue weighted by molar-refractivity contribution is -0.138. The zero-order chi connectivity index (χ0) is 29.2. The topological polar surface area (TPSA) is 95.5 Å². The van der Waals surface area contributed by atoms with E-state index in [0.717, 1.165) is 15.6 Å². The molecule has 0 amide bonds. The average Bonchev–Trinajstić information content (AvgIpc) is 3.55. The van der Waals surface area contributed by atoms with Gasteiger partial charge in [0, 0.05) is 30.8 Å². The minimum atomic E-state index is -0.768. The van der Waals surface area contributed by atoms with Gasteiger partial charge in [0.15, 0.2) is 4.80 Å². The lowest BCUT2D eigenvalue weighted by Crippen LogP contribution is -2.40. The van der Waals surface area contributed by atoms with Crippen molar-refractivity contribution < 1.29 is 23.4 Å². The van der Waals surface area contributed by atoms with E-state index < -0.39 is 12.0 Å². The largest absolute Gasteiger partial charge is 0.497 e. The van der Waals surface area contributed by atoms with Gasteiger partial charge in [0.1, 0.15) is 11.5 Å². The van der Waals surface area contributed by atoms with E-state index in [1.54, 1.807) is 24.7 Å². The van der Waals surface area contributed by atoms with Crippen LogP contribution in [0.3, 0.4) is 0 Å². The Bertz CT molecular complexity index is 1820. The summed E-state index contributed by atoms with van der Waals surface area (Å²) in [4.78, 5) is 35.1. The maximum atomic E-state index is 14.1. The zero-order valence-corrected chi connectivity index (χ0v) is 25.4. The SMILES string of the molecule is CCOC(=O)C1=C(c2ccccc2)N=c2s/c(=C/c3cc(Br)c(N4CCOCC4)o3)c(=O)n2[C@@H]1c1ccc(OC)cc1. The Morgan fingerprint density at radius 1 is 1.14 bits per heavy atom. The van der Waals surface area contributed by atoms with Crippen LogP contribution in [0.1, 0.15) is 29.9 Å². The molecule has 2 aromatic heterocycles. The van der Waals surface area contributed by atoms with Crippen LogP contribution in [0.15, 0.2) is 84.9 Å². The van der Waals surface area contributed by atoms with Crippen molar-refractivity contribution in [3.05, 3.63) is 107 Å². The van der Waals surface area contributed by atoms with Crippen LogP contribution >= 0.6 is 27.3 Å². The molecule has 216 valence electrons. The predicted molar refractivity (Wildman–Crippen MR) is 163 cm³/mol. The lowest BCUT2D eigenvalue weighted by Gasteiger charge is -2.26. The van der Waals surface area contributed by atoms with Crippen LogP contribution in [-0.2, 0) is 14.3 Å². The summed E-state index contributed by atoms with van der Waals surface area (Å²) in [6.07, 6.45) is 1.72. The van der Waals surface area contributed by atoms with E-state index in [2.05, 4.69) is 20.8 Å². The Kier molecular flexibility index (Phi) is 8.14. The summed E-state index contributed by atoms with van der Waals surface area (Å²) in [5.41, 5.74) is 1.96. The van der Waals surface area contributed by atoms with Gasteiger partial charge in [-0.05, 0) is 40.5 Å². The maximum Gasteiger partial charge on any atom is 0.338 e. The maximum absolute atomic E-state index is 14.1. The Labute approximate surface area is 254 Å². The van der Waals surface area contributed by atoms with E-state index in [1.807, 2.05) is 60.7 Å². The van der Waals surface area contributed by atoms with Crippen LogP contribution in [0.2, 0.25) is 0 Å². The third-order valence-corrected chi connectivity index (χ3v) is 8.62. The molecule has 0 spiro atoms. The van der Waals surface area contributed by atoms with Crippen LogP contribution in [0.5, 0.6) is 5.75 Å². The second kappa shape index (κ2) is 12.1. The lowest BCUT2D eigenvalue weighted by atomic mass is 9.93. The second-order valence-electron chi connectivity index (χ2n) is 9.61. The fourth-order valence-corrected chi connectivity index (χ4v) is 6.64. The highest BCUT2D eigenvalue weighted by molar-refractivity contribution is 9.10. The number of ether oxygens (including phenoxy) is 3. The highest BCUT2D eigenvalue weighted by Gasteiger charge is 2.35. The van der Waals surface area contributed by atoms with Gasteiger partial charge in [0.05, 0.1) is 53.2 Å². The van der Waals surface area contributed by atoms with Crippen molar-refractivity contribution in [3.8, 4) is 5.75 Å². The molecule has 0 aliphatic carbocycles. The number of thiazole rings is 1. The number of anilines is 1. The van der Waals surface area contributed by atoms with Gasteiger partial charge in [-0.2, -0.15) is 0 Å². The summed E-state index contributed by atoms with van der Waals surface area (Å²) < 4.78 is 25.3. The molecule has 4 heterocycles. The Balaban J connectivity index is 1.55. The molecular formula is C31H28BrN3O6S. The van der Waals surface area contributed by atoms with Crippen molar-refractivity contribution in [2.24, 2.45) is 4.99 Å². The molecule has 1 saturated heterocycles. The first-order chi connectivity index (χ1) is 20.5. The normalized spacial score (nSPS) is 17.2. The van der Waals surface area contributed by atoms with Crippen molar-refractivity contribution in [2.45, 2.75) is 13.0 Å². The van der Waals surface area contributed by atoms with Crippen molar-refractivity contribution in [1.82, 2.24) is 4.57 Å². The molecule has 0 bridgehead atoms. The number of esters is 1. The minimum absolute atomic E-state index is 0.184. The molecule has 6 rings (SSSR count). The van der Waals surface area contributed by atoms with E-state index in [0.29, 0.717) is 64.3 Å². The van der Waals surface area contributed by atoms with E-state index in [-0.39, 0.29) is 12.2 Å². The summed E-state index contributed by atoms with van der Waals surface area (Å²) in [5.74, 6) is 1.36. The molecule has 0 N–H and O–H groups in total. The van der Waals surface area contributed by atoms with Crippen LogP contribution in [-0.4, -0.2) is 50.6 Å². The molecule has 0 radical (unpaired) electrons. The van der Waals surface area contributed by atoms with Gasteiger partial charge in [0.25, 0.3) is 5.56 Å². The molecular weight excluding hydrogens is 622 g/mol. The number of carbonyl (C=O) groups excluding carboxylic acids is 1. The van der Waals surface area contributed by atoms with Gasteiger partial charge in [-0.1, -0.05) is 53.8 Å². The molecule has 2 aromatic carbocycles. The number of hydrogen-bond acceptors (Lipinski definition) is 9. The Morgan fingerprint density at radius 2 is 1.88 bits per heavy atom. The van der Waals surface area contributed by atoms with Crippen LogP contribution in [0, 0.1) is 0 Å². The number of halogens is 1. The highest BCUT2D eigenvalue weighted by Crippen LogP contribution is 2.36. The number of furan rings is 1. The molecule has 1 fully saturated rings. The number of aromatic nitrogens is 1. The summed E-state index contributed by atoms with van der Waals surface area (Å²) in [7, 11) is 1.59. The smallest absolute Gasteiger partial charge is 0.338 e. The number of morpholine rings is 1. The first-order valence-corrected chi connectivity index (χ1v) is 15.1. The van der Waals surface area contributed by atoms with E-state index in [4.69, 9.17) is 23.6 Å². The predicted octanol–water partition coefficient (Wildman–Crippen LogP) is 4.14. The first kappa shape index (κ1) is 28.2. The van der Waals surface area contributed by atoms with Crippen molar-refractivity contribution in [3.63, 3.8) is 0 Å². The van der Waals surface area contributed by atoms with Crippen LogP contribution in [0.25, 0.3) is 11.8 Å². The molecule has 2 aliphatic heterocycles. The van der Waals surface area contributed by atoms with Gasteiger partial charge in [-0.3, -0.25) is 9.36 Å². The average molecular weight is 651 g/mol. The molecule has 2 aliphatic rings. The van der Waals surface area contributed by atoms with E-state index in [1.165, 1.54) is 11.3 Å². The number of rotatable bonds is 7. The number of hydrogen-bond donors (Lipinski definition) is 0. The summed E-state index contributed by atoms with van der Waals surface area (Å²) >= 11 is 4.85. The van der Waals surface area contributed by atoms with Gasteiger partial charge in [-0.25, -0.2) is 9.79 Å². The van der Waals surface area contributed by atoms with Crippen molar-refractivity contribution in [1.29, 1.82) is 0 Å². The standard InChI is InChI=1S/C31H28BrN3O6S/c1-3-40-30(37)25-26(19-7-5-4-6-8-19)33-31-35(27(25)20-9-11-21(38-2)12-10-20)28(36)24(42-31)18-22-17-23(32)29(41-22)34-13-15-39-16-14-34/h4-12,17-18,27H,3,13-16H2,1-2H3/b24-18+/t27-/m1/s1. The van der Waals surface area contributed by atoms with Crippen LogP contribution < -0.4 is 24.5 Å². The molecule has 9 nitrogen and oxygen atoms in total. The second-order valence-corrected chi connectivity index (χ2v) is 11.5. The summed E-state index contributed by atoms with van der Waals surface area (Å²) in [6, 6.07) is 17.9. The number of fused-ring (bicyclic) bond motifs is 1. The summed E-state index contributed by atoms with van der Waals surface area (Å²) in [6.45, 7) is 4.62. The van der Waals surface area contributed by atoms with Gasteiger partial charge >= 0.3 is 5.97 Å². The third-order valence-electron chi connectivity index (χ3n) is 7.06. The van der Waals surface area contributed by atoms with Crippen molar-refractivity contribution >= 4 is 50.9 Å². The Hall–Kier alpha value is -3.93. The van der Waals surface area contributed by atoms with Gasteiger partial charge in [-0.15, -0.1) is 0 Å². The first-order valence-electron chi connectivity index (χ1n) is 13.5. The van der Waals surface area contributed by atoms with Gasteiger partial charge < -0.3 is 23.5 Å². The minimum Gasteiger partial charge on any atom is -0.497 e. The Morgan fingerprint density at radius 3 is 2.57 bits per heavy atom. The third kappa shape index (κ3) is 5.35. The number of carbonyl (C=O) groups is 1. The molecule has 0 unspecified atom stereocenters. The monoisotopic (exact) mass is 649 g/mol. The van der Waals surface area contributed by atoms with Crippen LogP contribution in [0.4, 0.5) is 5.88 Å². The van der Waals surface area contributed by atoms with Gasteiger partial charge in [0.2, 0.25) is 5.88 Å². The highest BCUT2D eigenvalue weighted by atomic mass is 79.9. The van der Waals surface area contributed by atoms with E-state index >= 15 is 0 Å². The van der Waals surface area contributed by atoms with Crippen molar-refractivity contribution in [2.75, 3.05) is 44.9 Å².